The van der Waals surface area contributed by atoms with Crippen LogP contribution in [0.2, 0.25) is 0 Å². The number of carbonyl (C=O) groups is 1. The summed E-state index contributed by atoms with van der Waals surface area (Å²) in [6, 6.07) is 8.67. The van der Waals surface area contributed by atoms with Gasteiger partial charge in [0.1, 0.15) is 16.8 Å². The van der Waals surface area contributed by atoms with Crippen LogP contribution in [0.5, 0.6) is 17.2 Å². The topological polar surface area (TPSA) is 81.5 Å². The molecule has 2 aromatic carbocycles. The molecule has 1 aliphatic rings. The Morgan fingerprint density at radius 2 is 2.17 bits per heavy atom. The van der Waals surface area contributed by atoms with Gasteiger partial charge in [0, 0.05) is 11.5 Å². The van der Waals surface area contributed by atoms with Crippen LogP contribution in [-0.2, 0) is 4.79 Å². The number of carbonyl (C=O) groups excluding carboxylic acids is 1. The fraction of sp³-hybridized carbons (Fsp3) is 0.188. The summed E-state index contributed by atoms with van der Waals surface area (Å²) in [7, 11) is 1.49. The van der Waals surface area contributed by atoms with Crippen molar-refractivity contribution in [2.45, 2.75) is 12.3 Å². The number of phenols is 1. The fourth-order valence-electron chi connectivity index (χ4n) is 2.92. The van der Waals surface area contributed by atoms with E-state index in [2.05, 4.69) is 8.75 Å². The van der Waals surface area contributed by atoms with Crippen LogP contribution >= 0.6 is 11.7 Å². The summed E-state index contributed by atoms with van der Waals surface area (Å²) < 4.78 is 19.0. The van der Waals surface area contributed by atoms with Crippen molar-refractivity contribution in [2.75, 3.05) is 7.11 Å². The zero-order valence-electron chi connectivity index (χ0n) is 12.1. The number of methoxy groups -OCH3 is 1. The van der Waals surface area contributed by atoms with Crippen LogP contribution in [-0.4, -0.2) is 26.9 Å². The first-order chi connectivity index (χ1) is 11.2. The summed E-state index contributed by atoms with van der Waals surface area (Å²) >= 11 is 1.12. The van der Waals surface area contributed by atoms with Crippen molar-refractivity contribution >= 4 is 28.7 Å². The van der Waals surface area contributed by atoms with Crippen molar-refractivity contribution < 1.29 is 19.4 Å². The lowest BCUT2D eigenvalue weighted by molar-refractivity contribution is -0.135. The van der Waals surface area contributed by atoms with Gasteiger partial charge in [0.15, 0.2) is 11.5 Å². The Kier molecular flexibility index (Phi) is 3.16. The molecular formula is C16H12N2O4S. The van der Waals surface area contributed by atoms with Crippen LogP contribution in [0.1, 0.15) is 23.5 Å². The van der Waals surface area contributed by atoms with Gasteiger partial charge in [0.05, 0.1) is 25.3 Å². The molecule has 3 aromatic rings. The highest BCUT2D eigenvalue weighted by atomic mass is 32.1. The Balaban J connectivity index is 1.91. The highest BCUT2D eigenvalue weighted by Gasteiger charge is 2.31. The highest BCUT2D eigenvalue weighted by Crippen LogP contribution is 2.43. The lowest BCUT2D eigenvalue weighted by Gasteiger charge is -2.25. The van der Waals surface area contributed by atoms with E-state index in [0.717, 1.165) is 33.9 Å². The van der Waals surface area contributed by atoms with E-state index in [-0.39, 0.29) is 24.1 Å². The minimum absolute atomic E-state index is 0.0362. The molecule has 0 unspecified atom stereocenters. The minimum Gasteiger partial charge on any atom is -0.504 e. The number of aromatic hydroxyl groups is 1. The molecule has 4 rings (SSSR count). The first-order valence-electron chi connectivity index (χ1n) is 7.00. The number of phenolic OH excluding ortho intramolecular Hbond substituents is 1. The molecule has 1 atom stereocenters. The van der Waals surface area contributed by atoms with E-state index in [1.165, 1.54) is 7.11 Å². The summed E-state index contributed by atoms with van der Waals surface area (Å²) in [6.45, 7) is 0. The van der Waals surface area contributed by atoms with Crippen LogP contribution < -0.4 is 9.47 Å². The lowest BCUT2D eigenvalue weighted by Crippen LogP contribution is -2.21. The Labute approximate surface area is 135 Å². The van der Waals surface area contributed by atoms with Gasteiger partial charge in [-0.1, -0.05) is 6.07 Å². The second-order valence-corrected chi connectivity index (χ2v) is 5.80. The number of nitrogens with zero attached hydrogens (tertiary/aromatic N) is 2. The molecule has 0 saturated heterocycles. The first-order valence-corrected chi connectivity index (χ1v) is 7.73. The van der Waals surface area contributed by atoms with Gasteiger partial charge in [0.25, 0.3) is 0 Å². The van der Waals surface area contributed by atoms with Gasteiger partial charge in [-0.2, -0.15) is 8.75 Å². The molecule has 1 aliphatic heterocycles. The number of esters is 1. The molecule has 23 heavy (non-hydrogen) atoms. The van der Waals surface area contributed by atoms with Crippen LogP contribution in [0.3, 0.4) is 0 Å². The van der Waals surface area contributed by atoms with Crippen molar-refractivity contribution in [3.8, 4) is 17.2 Å². The molecule has 0 aliphatic carbocycles. The SMILES string of the molecule is COc1ccc([C@@H]2CC(=O)Oc3ccc4nsnc4c32)cc1O. The molecule has 0 spiro atoms. The van der Waals surface area contributed by atoms with E-state index in [1.807, 2.05) is 6.07 Å². The van der Waals surface area contributed by atoms with E-state index < -0.39 is 0 Å². The van der Waals surface area contributed by atoms with Crippen molar-refractivity contribution in [1.29, 1.82) is 0 Å². The molecule has 0 fully saturated rings. The standard InChI is InChI=1S/C16H12N2O4S/c1-21-12-4-2-8(6-11(12)19)9-7-14(20)22-13-5-3-10-16(15(9)13)18-23-17-10/h2-6,9,19H,7H2,1H3/t9-/m0/s1. The van der Waals surface area contributed by atoms with Crippen molar-refractivity contribution in [2.24, 2.45) is 0 Å². The molecule has 1 aromatic heterocycles. The highest BCUT2D eigenvalue weighted by molar-refractivity contribution is 7.00. The van der Waals surface area contributed by atoms with Gasteiger partial charge in [-0.05, 0) is 29.8 Å². The molecule has 0 saturated carbocycles. The van der Waals surface area contributed by atoms with Gasteiger partial charge in [-0.25, -0.2) is 0 Å². The smallest absolute Gasteiger partial charge is 0.312 e. The number of benzene rings is 2. The molecule has 0 bridgehead atoms. The second-order valence-electron chi connectivity index (χ2n) is 5.27. The van der Waals surface area contributed by atoms with Crippen LogP contribution in [0, 0.1) is 0 Å². The second kappa shape index (κ2) is 5.20. The average molecular weight is 328 g/mol. The third-order valence-electron chi connectivity index (χ3n) is 3.98. The summed E-state index contributed by atoms with van der Waals surface area (Å²) in [5.74, 6) is 0.382. The Hall–Kier alpha value is -2.67. The van der Waals surface area contributed by atoms with Crippen LogP contribution in [0.25, 0.3) is 11.0 Å². The molecule has 0 radical (unpaired) electrons. The third kappa shape index (κ3) is 2.20. The van der Waals surface area contributed by atoms with Gasteiger partial charge in [0.2, 0.25) is 0 Å². The summed E-state index contributed by atoms with van der Waals surface area (Å²) in [5.41, 5.74) is 3.15. The fourth-order valence-corrected chi connectivity index (χ4v) is 3.47. The minimum atomic E-state index is -0.305. The summed E-state index contributed by atoms with van der Waals surface area (Å²) in [4.78, 5) is 11.9. The van der Waals surface area contributed by atoms with E-state index in [0.29, 0.717) is 11.5 Å². The monoisotopic (exact) mass is 328 g/mol. The maximum Gasteiger partial charge on any atom is 0.312 e. The molecule has 0 amide bonds. The molecular weight excluding hydrogens is 316 g/mol. The lowest BCUT2D eigenvalue weighted by atomic mass is 9.85. The number of hydrogen-bond donors (Lipinski definition) is 1. The van der Waals surface area contributed by atoms with E-state index in [4.69, 9.17) is 9.47 Å². The Morgan fingerprint density at radius 3 is 2.96 bits per heavy atom. The predicted octanol–water partition coefficient (Wildman–Crippen LogP) is 2.85. The number of aromatic nitrogens is 2. The molecule has 2 heterocycles. The largest absolute Gasteiger partial charge is 0.504 e. The number of hydrogen-bond acceptors (Lipinski definition) is 7. The first kappa shape index (κ1) is 14.0. The zero-order valence-corrected chi connectivity index (χ0v) is 13.0. The zero-order chi connectivity index (χ0) is 16.0. The van der Waals surface area contributed by atoms with Crippen molar-refractivity contribution in [3.63, 3.8) is 0 Å². The van der Waals surface area contributed by atoms with Gasteiger partial charge < -0.3 is 14.6 Å². The van der Waals surface area contributed by atoms with Crippen molar-refractivity contribution in [3.05, 3.63) is 41.5 Å². The predicted molar refractivity (Wildman–Crippen MR) is 84.2 cm³/mol. The van der Waals surface area contributed by atoms with E-state index in [9.17, 15) is 9.90 Å². The maximum atomic E-state index is 11.9. The molecule has 116 valence electrons. The molecule has 7 heteroatoms. The summed E-state index contributed by atoms with van der Waals surface area (Å²) in [6.07, 6.45) is 0.190. The average Bonchev–Trinajstić information content (AvgIpc) is 3.02. The normalized spacial score (nSPS) is 16.9. The Bertz CT molecular complexity index is 922. The quantitative estimate of drug-likeness (QED) is 0.575. The number of fused-ring (bicyclic) bond motifs is 3. The third-order valence-corrected chi connectivity index (χ3v) is 4.52. The number of ether oxygens (including phenoxy) is 2. The van der Waals surface area contributed by atoms with Crippen LogP contribution in [0.4, 0.5) is 0 Å². The van der Waals surface area contributed by atoms with E-state index >= 15 is 0 Å². The van der Waals surface area contributed by atoms with Crippen molar-refractivity contribution in [1.82, 2.24) is 8.75 Å². The molecule has 1 N–H and O–H groups in total. The number of rotatable bonds is 2. The maximum absolute atomic E-state index is 11.9. The van der Waals surface area contributed by atoms with E-state index in [1.54, 1.807) is 24.3 Å². The Morgan fingerprint density at radius 1 is 1.30 bits per heavy atom. The van der Waals surface area contributed by atoms with Gasteiger partial charge >= 0.3 is 5.97 Å². The van der Waals surface area contributed by atoms with Crippen LogP contribution in [0.15, 0.2) is 30.3 Å². The van der Waals surface area contributed by atoms with Gasteiger partial charge in [-0.3, -0.25) is 4.79 Å². The van der Waals surface area contributed by atoms with Gasteiger partial charge in [-0.15, -0.1) is 0 Å². The molecule has 6 nitrogen and oxygen atoms in total. The summed E-state index contributed by atoms with van der Waals surface area (Å²) in [5, 5.41) is 10.0.